The summed E-state index contributed by atoms with van der Waals surface area (Å²) in [7, 11) is 3.04. The van der Waals surface area contributed by atoms with Gasteiger partial charge in [0.05, 0.1) is 26.3 Å². The number of aliphatic carboxylic acids is 1. The summed E-state index contributed by atoms with van der Waals surface area (Å²) in [5.74, 6) is 0.0504. The average molecular weight is 380 g/mol. The van der Waals surface area contributed by atoms with Crippen LogP contribution in [-0.4, -0.2) is 43.8 Å². The molecule has 0 aromatic heterocycles. The van der Waals surface area contributed by atoms with Crippen molar-refractivity contribution in [2.75, 3.05) is 26.1 Å². The molecule has 2 unspecified atom stereocenters. The quantitative estimate of drug-likeness (QED) is 0.486. The summed E-state index contributed by atoms with van der Waals surface area (Å²) < 4.78 is 10.4. The second kappa shape index (κ2) is 12.2. The third kappa shape index (κ3) is 7.86. The van der Waals surface area contributed by atoms with E-state index in [-0.39, 0.29) is 12.3 Å². The van der Waals surface area contributed by atoms with Crippen LogP contribution in [0, 0.1) is 5.92 Å². The van der Waals surface area contributed by atoms with E-state index < -0.39 is 12.0 Å². The Kier molecular flexibility index (Phi) is 10.3. The number of carboxylic acid groups (broad SMARTS) is 1. The lowest BCUT2D eigenvalue weighted by Gasteiger charge is -2.20. The maximum atomic E-state index is 12.3. The maximum absolute atomic E-state index is 12.3. The van der Waals surface area contributed by atoms with E-state index in [9.17, 15) is 14.7 Å². The van der Waals surface area contributed by atoms with Crippen LogP contribution in [0.1, 0.15) is 46.0 Å². The summed E-state index contributed by atoms with van der Waals surface area (Å²) in [6, 6.07) is 4.09. The maximum Gasteiger partial charge on any atom is 0.321 e. The molecule has 0 aliphatic rings. The third-order valence-electron chi connectivity index (χ3n) is 4.57. The zero-order valence-corrected chi connectivity index (χ0v) is 16.7. The molecule has 0 saturated heterocycles. The number of ether oxygens (including phenoxy) is 2. The Labute approximate surface area is 161 Å². The van der Waals surface area contributed by atoms with E-state index in [0.717, 1.165) is 25.7 Å². The number of amides is 1. The van der Waals surface area contributed by atoms with Crippen LogP contribution in [-0.2, 0) is 9.59 Å². The van der Waals surface area contributed by atoms with Gasteiger partial charge in [0.2, 0.25) is 5.91 Å². The molecule has 0 radical (unpaired) electrons. The third-order valence-corrected chi connectivity index (χ3v) is 4.57. The van der Waals surface area contributed by atoms with Crippen LogP contribution in [0.2, 0.25) is 0 Å². The minimum absolute atomic E-state index is 0.158. The lowest BCUT2D eigenvalue weighted by molar-refractivity contribution is -0.141. The average Bonchev–Trinajstić information content (AvgIpc) is 2.67. The second-order valence-corrected chi connectivity index (χ2v) is 6.53. The molecular weight excluding hydrogens is 348 g/mol. The Morgan fingerprint density at radius 2 is 1.93 bits per heavy atom. The van der Waals surface area contributed by atoms with E-state index in [2.05, 4.69) is 24.5 Å². The lowest BCUT2D eigenvalue weighted by atomic mass is 9.99. The number of carbonyl (C=O) groups is 2. The van der Waals surface area contributed by atoms with Gasteiger partial charge in [0.1, 0.15) is 17.5 Å². The van der Waals surface area contributed by atoms with Crippen molar-refractivity contribution in [2.45, 2.75) is 52.0 Å². The summed E-state index contributed by atoms with van der Waals surface area (Å²) in [4.78, 5) is 23.9. The van der Waals surface area contributed by atoms with E-state index in [1.807, 2.05) is 0 Å². The number of benzene rings is 1. The molecule has 152 valence electrons. The molecule has 3 N–H and O–H groups in total. The van der Waals surface area contributed by atoms with Crippen LogP contribution in [0.3, 0.4) is 0 Å². The van der Waals surface area contributed by atoms with E-state index >= 15 is 0 Å². The fraction of sp³-hybridized carbons (Fsp3) is 0.600. The highest BCUT2D eigenvalue weighted by atomic mass is 16.5. The number of hydrogen-bond acceptors (Lipinski definition) is 5. The number of hydrogen-bond donors (Lipinski definition) is 3. The first-order valence-corrected chi connectivity index (χ1v) is 9.43. The van der Waals surface area contributed by atoms with E-state index in [0.29, 0.717) is 29.6 Å². The molecule has 1 rings (SSSR count). The second-order valence-electron chi connectivity index (χ2n) is 6.53. The Balaban J connectivity index is 2.66. The van der Waals surface area contributed by atoms with E-state index in [1.54, 1.807) is 25.3 Å². The number of rotatable bonds is 13. The van der Waals surface area contributed by atoms with Gasteiger partial charge < -0.3 is 25.2 Å². The SMILES string of the molecule is CCCCC(CC)CNC(CC(=O)Nc1ccc(OC)cc1OC)C(=O)O. The molecule has 0 aliphatic carbocycles. The Morgan fingerprint density at radius 3 is 2.48 bits per heavy atom. The van der Waals surface area contributed by atoms with E-state index in [4.69, 9.17) is 9.47 Å². The normalized spacial score (nSPS) is 12.9. The standard InChI is InChI=1S/C20H32N2O5/c1-5-7-8-14(6-2)13-21-17(20(24)25)12-19(23)22-16-10-9-15(26-3)11-18(16)27-4/h9-11,14,17,21H,5-8,12-13H2,1-4H3,(H,22,23)(H,24,25). The first-order valence-electron chi connectivity index (χ1n) is 9.43. The van der Waals surface area contributed by atoms with Gasteiger partial charge in [0, 0.05) is 6.07 Å². The largest absolute Gasteiger partial charge is 0.497 e. The van der Waals surface area contributed by atoms with Gasteiger partial charge in [0.25, 0.3) is 0 Å². The zero-order chi connectivity index (χ0) is 20.2. The molecule has 27 heavy (non-hydrogen) atoms. The van der Waals surface area contributed by atoms with Crippen LogP contribution < -0.4 is 20.1 Å². The van der Waals surface area contributed by atoms with Crippen LogP contribution in [0.25, 0.3) is 0 Å². The van der Waals surface area contributed by atoms with Crippen molar-refractivity contribution in [1.82, 2.24) is 5.32 Å². The highest BCUT2D eigenvalue weighted by Crippen LogP contribution is 2.29. The molecule has 1 aromatic carbocycles. The van der Waals surface area contributed by atoms with Crippen molar-refractivity contribution < 1.29 is 24.2 Å². The molecule has 0 bridgehead atoms. The molecule has 0 fully saturated rings. The smallest absolute Gasteiger partial charge is 0.321 e. The first-order chi connectivity index (χ1) is 12.9. The van der Waals surface area contributed by atoms with Gasteiger partial charge in [-0.25, -0.2) is 0 Å². The highest BCUT2D eigenvalue weighted by molar-refractivity contribution is 5.95. The van der Waals surface area contributed by atoms with Crippen LogP contribution in [0.15, 0.2) is 18.2 Å². The fourth-order valence-electron chi connectivity index (χ4n) is 2.79. The number of unbranched alkanes of at least 4 members (excludes halogenated alkanes) is 1. The molecule has 1 amide bonds. The molecule has 0 aliphatic heterocycles. The summed E-state index contributed by atoms with van der Waals surface area (Å²) in [6.07, 6.45) is 4.12. The highest BCUT2D eigenvalue weighted by Gasteiger charge is 2.22. The van der Waals surface area contributed by atoms with Crippen LogP contribution in [0.5, 0.6) is 11.5 Å². The van der Waals surface area contributed by atoms with Crippen molar-refractivity contribution in [3.8, 4) is 11.5 Å². The predicted molar refractivity (Wildman–Crippen MR) is 106 cm³/mol. The Bertz CT molecular complexity index is 606. The van der Waals surface area contributed by atoms with Gasteiger partial charge in [0.15, 0.2) is 0 Å². The number of carbonyl (C=O) groups excluding carboxylic acids is 1. The van der Waals surface area contributed by atoms with Gasteiger partial charge in [-0.15, -0.1) is 0 Å². The van der Waals surface area contributed by atoms with Gasteiger partial charge >= 0.3 is 5.97 Å². The summed E-state index contributed by atoms with van der Waals surface area (Å²) in [5.41, 5.74) is 0.474. The number of anilines is 1. The molecular formula is C20H32N2O5. The minimum Gasteiger partial charge on any atom is -0.497 e. The molecule has 0 heterocycles. The molecule has 7 nitrogen and oxygen atoms in total. The summed E-state index contributed by atoms with van der Waals surface area (Å²) >= 11 is 0. The van der Waals surface area contributed by atoms with Gasteiger partial charge in [-0.05, 0) is 31.0 Å². The van der Waals surface area contributed by atoms with Gasteiger partial charge in [-0.3, -0.25) is 9.59 Å². The van der Waals surface area contributed by atoms with E-state index in [1.165, 1.54) is 7.11 Å². The molecule has 7 heteroatoms. The number of methoxy groups -OCH3 is 2. The summed E-state index contributed by atoms with van der Waals surface area (Å²) in [6.45, 7) is 4.82. The molecule has 0 spiro atoms. The van der Waals surface area contributed by atoms with Crippen LogP contribution in [0.4, 0.5) is 5.69 Å². The van der Waals surface area contributed by atoms with Crippen molar-refractivity contribution >= 4 is 17.6 Å². The van der Waals surface area contributed by atoms with Crippen molar-refractivity contribution in [1.29, 1.82) is 0 Å². The zero-order valence-electron chi connectivity index (χ0n) is 16.7. The molecule has 0 saturated carbocycles. The van der Waals surface area contributed by atoms with Gasteiger partial charge in [-0.1, -0.05) is 33.1 Å². The monoisotopic (exact) mass is 380 g/mol. The van der Waals surface area contributed by atoms with Crippen molar-refractivity contribution in [3.63, 3.8) is 0 Å². The van der Waals surface area contributed by atoms with Crippen LogP contribution >= 0.6 is 0 Å². The van der Waals surface area contributed by atoms with Crippen molar-refractivity contribution in [2.24, 2.45) is 5.92 Å². The van der Waals surface area contributed by atoms with Crippen molar-refractivity contribution in [3.05, 3.63) is 18.2 Å². The number of carboxylic acids is 1. The Morgan fingerprint density at radius 1 is 1.19 bits per heavy atom. The Hall–Kier alpha value is -2.28. The predicted octanol–water partition coefficient (Wildman–Crippen LogP) is 3.29. The first kappa shape index (κ1) is 22.8. The molecule has 2 atom stereocenters. The fourth-order valence-corrected chi connectivity index (χ4v) is 2.79. The summed E-state index contributed by atoms with van der Waals surface area (Å²) in [5, 5.41) is 15.2. The van der Waals surface area contributed by atoms with Gasteiger partial charge in [-0.2, -0.15) is 0 Å². The minimum atomic E-state index is -1.03. The topological polar surface area (TPSA) is 96.9 Å². The molecule has 1 aromatic rings. The lowest BCUT2D eigenvalue weighted by Crippen LogP contribution is -2.42. The number of nitrogens with one attached hydrogen (secondary N) is 2.